The van der Waals surface area contributed by atoms with Crippen molar-refractivity contribution in [1.29, 1.82) is 0 Å². The number of para-hydroxylation sites is 1. The van der Waals surface area contributed by atoms with E-state index < -0.39 is 14.3 Å². The average molecular weight is 516 g/mol. The molecule has 0 aliphatic carbocycles. The molecule has 0 aliphatic rings. The highest BCUT2D eigenvalue weighted by Gasteiger charge is 2.26. The zero-order valence-electron chi connectivity index (χ0n) is 19.9. The number of fused-ring (bicyclic) bond motifs is 1. The molecule has 7 nitrogen and oxygen atoms in total. The van der Waals surface area contributed by atoms with Crippen molar-refractivity contribution in [2.45, 2.75) is 25.5 Å². The summed E-state index contributed by atoms with van der Waals surface area (Å²) in [7, 11) is 0.235. The van der Waals surface area contributed by atoms with E-state index in [1.54, 1.807) is 13.2 Å². The number of thiophene rings is 1. The number of carbonyl (C=O) groups excluding carboxylic acids is 2. The summed E-state index contributed by atoms with van der Waals surface area (Å²) in [6.45, 7) is 6.21. The van der Waals surface area contributed by atoms with E-state index in [4.69, 9.17) is 18.7 Å². The van der Waals surface area contributed by atoms with Gasteiger partial charge in [0, 0.05) is 18.0 Å². The van der Waals surface area contributed by atoms with Crippen molar-refractivity contribution in [3.63, 3.8) is 0 Å². The summed E-state index contributed by atoms with van der Waals surface area (Å²) in [5.74, 6) is -0.0288. The molecule has 2 aromatic carbocycles. The van der Waals surface area contributed by atoms with Crippen LogP contribution in [-0.2, 0) is 25.2 Å². The molecule has 3 rings (SSSR count). The highest BCUT2D eigenvalue weighted by molar-refractivity contribution is 7.50. The zero-order valence-corrected chi connectivity index (χ0v) is 21.6. The first-order chi connectivity index (χ1) is 17.0. The number of carbonyl (C=O) groups is 2. The van der Waals surface area contributed by atoms with E-state index in [0.29, 0.717) is 23.4 Å². The Morgan fingerprint density at radius 3 is 2.66 bits per heavy atom. The quantitative estimate of drug-likeness (QED) is 0.168. The maximum absolute atomic E-state index is 12.6. The lowest BCUT2D eigenvalue weighted by molar-refractivity contribution is -0.147. The van der Waals surface area contributed by atoms with Crippen LogP contribution in [0.15, 0.2) is 67.3 Å². The van der Waals surface area contributed by atoms with E-state index in [1.165, 1.54) is 11.3 Å². The van der Waals surface area contributed by atoms with Gasteiger partial charge >= 0.3 is 11.9 Å². The predicted molar refractivity (Wildman–Crippen MR) is 140 cm³/mol. The summed E-state index contributed by atoms with van der Waals surface area (Å²) >= 11 is 1.39. The molecule has 0 amide bonds. The fraction of sp³-hybridized carbons (Fsp3) is 0.308. The van der Waals surface area contributed by atoms with Gasteiger partial charge in [0.05, 0.1) is 13.2 Å². The Bertz CT molecular complexity index is 1120. The van der Waals surface area contributed by atoms with Gasteiger partial charge in [-0.25, -0.2) is 9.88 Å². The van der Waals surface area contributed by atoms with Crippen molar-refractivity contribution < 1.29 is 28.3 Å². The Morgan fingerprint density at radius 1 is 1.14 bits per heavy atom. The highest BCUT2D eigenvalue weighted by atomic mass is 32.1. The number of hydrogen-bond acceptors (Lipinski definition) is 8. The van der Waals surface area contributed by atoms with Crippen molar-refractivity contribution in [2.75, 3.05) is 26.9 Å². The first-order valence-electron chi connectivity index (χ1n) is 11.3. The highest BCUT2D eigenvalue weighted by Crippen LogP contribution is 2.40. The maximum atomic E-state index is 12.6. The first kappa shape index (κ1) is 26.8. The van der Waals surface area contributed by atoms with Crippen LogP contribution in [0.1, 0.15) is 28.6 Å². The van der Waals surface area contributed by atoms with Gasteiger partial charge in [-0.3, -0.25) is 4.79 Å². The van der Waals surface area contributed by atoms with E-state index in [1.807, 2.05) is 61.5 Å². The molecule has 1 aromatic heterocycles. The molecular weight excluding hydrogens is 485 g/mol. The molecule has 3 aromatic rings. The van der Waals surface area contributed by atoms with Crippen LogP contribution in [0.3, 0.4) is 0 Å². The van der Waals surface area contributed by atoms with Gasteiger partial charge in [-0.15, -0.1) is 11.3 Å². The molecule has 0 saturated heterocycles. The molecule has 1 N–H and O–H groups in total. The van der Waals surface area contributed by atoms with Crippen molar-refractivity contribution in [3.05, 3.63) is 77.7 Å². The Balaban J connectivity index is 1.80. The summed E-state index contributed by atoms with van der Waals surface area (Å²) in [5.41, 5.74) is 1.01. The smallest absolute Gasteiger partial charge is 0.348 e. The number of hydrogen-bond donors (Lipinski definition) is 1. The fourth-order valence-electron chi connectivity index (χ4n) is 3.18. The summed E-state index contributed by atoms with van der Waals surface area (Å²) in [4.78, 5) is 25.3. The van der Waals surface area contributed by atoms with Gasteiger partial charge in [-0.1, -0.05) is 43.8 Å². The minimum absolute atomic E-state index is 0.166. The topological polar surface area (TPSA) is 83.1 Å². The molecule has 9 heteroatoms. The van der Waals surface area contributed by atoms with Crippen LogP contribution in [0.4, 0.5) is 0 Å². The Kier molecular flexibility index (Phi) is 10.7. The summed E-state index contributed by atoms with van der Waals surface area (Å²) in [6, 6.07) is 16.7. The van der Waals surface area contributed by atoms with Crippen molar-refractivity contribution in [3.8, 4) is 5.75 Å². The normalized spacial score (nSPS) is 12.6. The number of benzene rings is 2. The number of methoxy groups -OCH3 is 1. The van der Waals surface area contributed by atoms with Crippen LogP contribution >= 0.6 is 19.6 Å². The SMILES string of the molecule is C=CCOC(=O)c1cc2cc(CP(NC(COC)C(=O)OCCC)Oc3ccccc3)ccc2s1. The minimum atomic E-state index is -1.31. The number of nitrogens with one attached hydrogen (secondary N) is 1. The molecule has 2 atom stereocenters. The third-order valence-corrected chi connectivity index (χ3v) is 7.54. The Morgan fingerprint density at radius 2 is 1.94 bits per heavy atom. The van der Waals surface area contributed by atoms with E-state index in [-0.39, 0.29) is 25.2 Å². The predicted octanol–water partition coefficient (Wildman–Crippen LogP) is 5.69. The van der Waals surface area contributed by atoms with Crippen LogP contribution in [-0.4, -0.2) is 44.9 Å². The van der Waals surface area contributed by atoms with Crippen LogP contribution in [0.2, 0.25) is 0 Å². The van der Waals surface area contributed by atoms with Gasteiger partial charge < -0.3 is 18.7 Å². The Hall–Kier alpha value is -2.77. The molecule has 0 spiro atoms. The van der Waals surface area contributed by atoms with Crippen molar-refractivity contribution in [2.24, 2.45) is 0 Å². The molecular formula is C26H30NO6PS. The Labute approximate surface area is 210 Å². The van der Waals surface area contributed by atoms with Crippen LogP contribution in [0, 0.1) is 0 Å². The van der Waals surface area contributed by atoms with Crippen LogP contribution in [0.5, 0.6) is 5.75 Å². The number of rotatable bonds is 14. The van der Waals surface area contributed by atoms with Crippen LogP contribution < -0.4 is 9.61 Å². The molecule has 1 heterocycles. The van der Waals surface area contributed by atoms with E-state index >= 15 is 0 Å². The molecule has 0 saturated carbocycles. The number of ether oxygens (including phenoxy) is 3. The molecule has 35 heavy (non-hydrogen) atoms. The standard InChI is InChI=1S/C26H30NO6PS/c1-4-13-31-25(28)22(17-30-3)27-34(33-21-9-7-6-8-10-21)18-19-11-12-23-20(15-19)16-24(35-23)26(29)32-14-5-2/h5-12,15-16,22,27H,2,4,13-14,17-18H2,1,3H3. The van der Waals surface area contributed by atoms with Crippen LogP contribution in [0.25, 0.3) is 10.1 Å². The second-order valence-electron chi connectivity index (χ2n) is 7.62. The third kappa shape index (κ3) is 8.15. The monoisotopic (exact) mass is 515 g/mol. The van der Waals surface area contributed by atoms with Gasteiger partial charge in [-0.05, 0) is 47.7 Å². The summed E-state index contributed by atoms with van der Waals surface area (Å²) < 4.78 is 23.0. The van der Waals surface area contributed by atoms with Gasteiger partial charge in [0.2, 0.25) is 0 Å². The van der Waals surface area contributed by atoms with Gasteiger partial charge in [0.1, 0.15) is 23.3 Å². The lowest BCUT2D eigenvalue weighted by atomic mass is 10.2. The largest absolute Gasteiger partial charge is 0.464 e. The van der Waals surface area contributed by atoms with E-state index in [9.17, 15) is 9.59 Å². The summed E-state index contributed by atoms with van der Waals surface area (Å²) in [5, 5.41) is 4.27. The lowest BCUT2D eigenvalue weighted by Gasteiger charge is -2.24. The number of esters is 2. The lowest BCUT2D eigenvalue weighted by Crippen LogP contribution is -2.39. The molecule has 0 radical (unpaired) electrons. The maximum Gasteiger partial charge on any atom is 0.348 e. The molecule has 0 aliphatic heterocycles. The fourth-order valence-corrected chi connectivity index (χ4v) is 5.76. The van der Waals surface area contributed by atoms with Crippen molar-refractivity contribution in [1.82, 2.24) is 5.09 Å². The zero-order chi connectivity index (χ0) is 25.0. The second-order valence-corrected chi connectivity index (χ2v) is 10.2. The molecule has 2 unspecified atom stereocenters. The molecule has 186 valence electrons. The van der Waals surface area contributed by atoms with Gasteiger partial charge in [-0.2, -0.15) is 0 Å². The molecule has 0 fully saturated rings. The third-order valence-electron chi connectivity index (χ3n) is 4.77. The second kappa shape index (κ2) is 14.0. The molecule has 0 bridgehead atoms. The van der Waals surface area contributed by atoms with Crippen molar-refractivity contribution >= 4 is 41.7 Å². The average Bonchev–Trinajstić information content (AvgIpc) is 3.29. The first-order valence-corrected chi connectivity index (χ1v) is 13.5. The van der Waals surface area contributed by atoms with Gasteiger partial charge in [0.15, 0.2) is 8.30 Å². The minimum Gasteiger partial charge on any atom is -0.464 e. The summed E-state index contributed by atoms with van der Waals surface area (Å²) in [6.07, 6.45) is 2.82. The van der Waals surface area contributed by atoms with E-state index in [2.05, 4.69) is 11.7 Å². The van der Waals surface area contributed by atoms with E-state index in [0.717, 1.165) is 22.1 Å². The van der Waals surface area contributed by atoms with Gasteiger partial charge in [0.25, 0.3) is 0 Å².